The first kappa shape index (κ1) is 14.2. The number of amides is 1. The van der Waals surface area contributed by atoms with Crippen molar-refractivity contribution in [1.82, 2.24) is 4.90 Å². The van der Waals surface area contributed by atoms with Gasteiger partial charge in [0.25, 0.3) is 5.91 Å². The SMILES string of the molecule is Cc1cccc(/C=C2\SC(N3CCCCC3)=NC2=O)c1O. The van der Waals surface area contributed by atoms with Gasteiger partial charge in [0, 0.05) is 18.7 Å². The molecule has 110 valence electrons. The molecule has 0 bridgehead atoms. The van der Waals surface area contributed by atoms with Crippen LogP contribution in [0.25, 0.3) is 6.08 Å². The zero-order chi connectivity index (χ0) is 14.8. The highest BCUT2D eigenvalue weighted by molar-refractivity contribution is 8.18. The van der Waals surface area contributed by atoms with Crippen molar-refractivity contribution in [2.45, 2.75) is 26.2 Å². The van der Waals surface area contributed by atoms with Crippen LogP contribution in [0.3, 0.4) is 0 Å². The molecule has 5 heteroatoms. The van der Waals surface area contributed by atoms with E-state index in [1.54, 1.807) is 6.08 Å². The third-order valence-corrected chi connectivity index (χ3v) is 4.84. The Hall–Kier alpha value is -1.75. The van der Waals surface area contributed by atoms with Crippen LogP contribution in [0.15, 0.2) is 28.1 Å². The number of para-hydroxylation sites is 1. The van der Waals surface area contributed by atoms with Crippen molar-refractivity contribution in [2.24, 2.45) is 4.99 Å². The van der Waals surface area contributed by atoms with Gasteiger partial charge in [-0.25, -0.2) is 0 Å². The van der Waals surface area contributed by atoms with Gasteiger partial charge >= 0.3 is 0 Å². The maximum atomic E-state index is 12.0. The van der Waals surface area contributed by atoms with E-state index >= 15 is 0 Å². The molecule has 1 N–H and O–H groups in total. The molecule has 0 unspecified atom stereocenters. The van der Waals surface area contributed by atoms with E-state index in [-0.39, 0.29) is 11.7 Å². The molecule has 0 spiro atoms. The first-order valence-corrected chi connectivity index (χ1v) is 8.03. The van der Waals surface area contributed by atoms with E-state index < -0.39 is 0 Å². The molecule has 1 aromatic carbocycles. The number of carbonyl (C=O) groups is 1. The summed E-state index contributed by atoms with van der Waals surface area (Å²) >= 11 is 1.41. The Labute approximate surface area is 128 Å². The zero-order valence-corrected chi connectivity index (χ0v) is 12.8. The summed E-state index contributed by atoms with van der Waals surface area (Å²) in [6.07, 6.45) is 5.30. The maximum Gasteiger partial charge on any atom is 0.286 e. The Balaban J connectivity index is 1.80. The Bertz CT molecular complexity index is 631. The molecule has 1 saturated heterocycles. The Morgan fingerprint density at radius 2 is 2.05 bits per heavy atom. The summed E-state index contributed by atoms with van der Waals surface area (Å²) in [5.41, 5.74) is 1.47. The quantitative estimate of drug-likeness (QED) is 0.810. The molecule has 0 aliphatic carbocycles. The number of aryl methyl sites for hydroxylation is 1. The minimum Gasteiger partial charge on any atom is -0.507 e. The molecule has 1 aromatic rings. The van der Waals surface area contributed by atoms with E-state index in [4.69, 9.17) is 0 Å². The number of hydrogen-bond acceptors (Lipinski definition) is 4. The lowest BCUT2D eigenvalue weighted by Gasteiger charge is -2.27. The lowest BCUT2D eigenvalue weighted by Crippen LogP contribution is -2.33. The molecule has 3 rings (SSSR count). The van der Waals surface area contributed by atoms with E-state index in [0.29, 0.717) is 10.5 Å². The fourth-order valence-corrected chi connectivity index (χ4v) is 3.51. The largest absolute Gasteiger partial charge is 0.507 e. The molecule has 2 aliphatic heterocycles. The van der Waals surface area contributed by atoms with Crippen molar-refractivity contribution in [3.63, 3.8) is 0 Å². The Kier molecular flexibility index (Phi) is 4.01. The van der Waals surface area contributed by atoms with Gasteiger partial charge in [0.15, 0.2) is 5.17 Å². The lowest BCUT2D eigenvalue weighted by molar-refractivity contribution is -0.113. The van der Waals surface area contributed by atoms with Crippen LogP contribution in [-0.4, -0.2) is 34.2 Å². The molecule has 2 heterocycles. The second kappa shape index (κ2) is 5.93. The molecule has 21 heavy (non-hydrogen) atoms. The number of likely N-dealkylation sites (tertiary alicyclic amines) is 1. The predicted octanol–water partition coefficient (Wildman–Crippen LogP) is 3.16. The third-order valence-electron chi connectivity index (χ3n) is 3.79. The predicted molar refractivity (Wildman–Crippen MR) is 86.3 cm³/mol. The van der Waals surface area contributed by atoms with Crippen molar-refractivity contribution in [3.05, 3.63) is 34.2 Å². The van der Waals surface area contributed by atoms with Crippen molar-refractivity contribution in [1.29, 1.82) is 0 Å². The third kappa shape index (κ3) is 2.97. The van der Waals surface area contributed by atoms with E-state index in [1.165, 1.54) is 18.2 Å². The summed E-state index contributed by atoms with van der Waals surface area (Å²) in [5.74, 6) is 0.0197. The van der Waals surface area contributed by atoms with Crippen LogP contribution >= 0.6 is 11.8 Å². The van der Waals surface area contributed by atoms with Crippen LogP contribution in [0.4, 0.5) is 0 Å². The molecule has 1 amide bonds. The Morgan fingerprint density at radius 3 is 2.81 bits per heavy atom. The number of phenols is 1. The smallest absolute Gasteiger partial charge is 0.286 e. The van der Waals surface area contributed by atoms with Crippen LogP contribution in [0.2, 0.25) is 0 Å². The number of piperidine rings is 1. The lowest BCUT2D eigenvalue weighted by atomic mass is 10.1. The summed E-state index contributed by atoms with van der Waals surface area (Å²) < 4.78 is 0. The summed E-state index contributed by atoms with van der Waals surface area (Å²) in [4.78, 5) is 19.0. The van der Waals surface area contributed by atoms with Crippen LogP contribution in [-0.2, 0) is 4.79 Å². The second-order valence-corrected chi connectivity index (χ2v) is 6.38. The number of nitrogens with zero attached hydrogens (tertiary/aromatic N) is 2. The molecular weight excluding hydrogens is 284 g/mol. The van der Waals surface area contributed by atoms with Gasteiger partial charge in [0.1, 0.15) is 5.75 Å². The average Bonchev–Trinajstić information content (AvgIpc) is 2.86. The van der Waals surface area contributed by atoms with Crippen molar-refractivity contribution in [3.8, 4) is 5.75 Å². The van der Waals surface area contributed by atoms with E-state index in [2.05, 4.69) is 9.89 Å². The minimum absolute atomic E-state index is 0.207. The number of phenolic OH excluding ortho intramolecular Hbond substituents is 1. The molecule has 0 radical (unpaired) electrons. The fourth-order valence-electron chi connectivity index (χ4n) is 2.56. The minimum atomic E-state index is -0.207. The molecule has 0 atom stereocenters. The number of aromatic hydroxyl groups is 1. The summed E-state index contributed by atoms with van der Waals surface area (Å²) in [7, 11) is 0. The standard InChI is InChI=1S/C16H18N2O2S/c1-11-6-5-7-12(14(11)19)10-13-15(20)17-16(21-13)18-8-3-2-4-9-18/h5-7,10,19H,2-4,8-9H2,1H3/b13-10-. The Morgan fingerprint density at radius 1 is 1.29 bits per heavy atom. The van der Waals surface area contributed by atoms with Crippen LogP contribution < -0.4 is 0 Å². The summed E-state index contributed by atoms with van der Waals surface area (Å²) in [5, 5.41) is 10.8. The highest BCUT2D eigenvalue weighted by Gasteiger charge is 2.27. The van der Waals surface area contributed by atoms with Gasteiger partial charge in [0.2, 0.25) is 0 Å². The number of hydrogen-bond donors (Lipinski definition) is 1. The van der Waals surface area contributed by atoms with Gasteiger partial charge in [-0.1, -0.05) is 18.2 Å². The number of rotatable bonds is 1. The van der Waals surface area contributed by atoms with Gasteiger partial charge in [-0.2, -0.15) is 4.99 Å². The van der Waals surface area contributed by atoms with Gasteiger partial charge < -0.3 is 10.0 Å². The fraction of sp³-hybridized carbons (Fsp3) is 0.375. The van der Waals surface area contributed by atoms with Crippen LogP contribution in [0, 0.1) is 6.92 Å². The number of benzene rings is 1. The van der Waals surface area contributed by atoms with Crippen LogP contribution in [0.1, 0.15) is 30.4 Å². The monoisotopic (exact) mass is 302 g/mol. The summed E-state index contributed by atoms with van der Waals surface area (Å²) in [6.45, 7) is 3.79. The van der Waals surface area contributed by atoms with Gasteiger partial charge in [-0.3, -0.25) is 4.79 Å². The molecule has 0 saturated carbocycles. The number of aliphatic imine (C=N–C) groups is 1. The first-order chi connectivity index (χ1) is 10.1. The highest BCUT2D eigenvalue weighted by atomic mass is 32.2. The molecule has 4 nitrogen and oxygen atoms in total. The number of carbonyl (C=O) groups excluding carboxylic acids is 1. The number of amidine groups is 1. The van der Waals surface area contributed by atoms with Crippen molar-refractivity contribution >= 4 is 28.9 Å². The zero-order valence-electron chi connectivity index (χ0n) is 12.0. The van der Waals surface area contributed by atoms with Crippen molar-refractivity contribution in [2.75, 3.05) is 13.1 Å². The number of thioether (sulfide) groups is 1. The average molecular weight is 302 g/mol. The van der Waals surface area contributed by atoms with Gasteiger partial charge in [-0.15, -0.1) is 0 Å². The molecule has 1 fully saturated rings. The van der Waals surface area contributed by atoms with E-state index in [9.17, 15) is 9.90 Å². The first-order valence-electron chi connectivity index (χ1n) is 7.21. The highest BCUT2D eigenvalue weighted by Crippen LogP contribution is 2.33. The summed E-state index contributed by atoms with van der Waals surface area (Å²) in [6, 6.07) is 5.52. The van der Waals surface area contributed by atoms with Crippen molar-refractivity contribution < 1.29 is 9.90 Å². The van der Waals surface area contributed by atoms with Gasteiger partial charge in [0.05, 0.1) is 4.91 Å². The van der Waals surface area contributed by atoms with Crippen LogP contribution in [0.5, 0.6) is 5.75 Å². The van der Waals surface area contributed by atoms with E-state index in [1.807, 2.05) is 25.1 Å². The van der Waals surface area contributed by atoms with Gasteiger partial charge in [-0.05, 0) is 49.6 Å². The maximum absolute atomic E-state index is 12.0. The molecule has 0 aromatic heterocycles. The second-order valence-electron chi connectivity index (χ2n) is 5.37. The topological polar surface area (TPSA) is 52.9 Å². The van der Waals surface area contributed by atoms with E-state index in [0.717, 1.165) is 36.7 Å². The molecule has 2 aliphatic rings. The molecular formula is C16H18N2O2S. The normalized spacial score (nSPS) is 21.0.